The molecule has 2 saturated heterocycles. The first-order chi connectivity index (χ1) is 18.7. The van der Waals surface area contributed by atoms with Gasteiger partial charge in [-0.1, -0.05) is 0 Å². The Bertz CT molecular complexity index is 911. The summed E-state index contributed by atoms with van der Waals surface area (Å²) in [6.45, 7) is -0.199. The minimum atomic E-state index is -2.15. The van der Waals surface area contributed by atoms with Crippen LogP contribution in [-0.2, 0) is 18.9 Å². The average Bonchev–Trinajstić information content (AvgIpc) is 3.13. The van der Waals surface area contributed by atoms with Gasteiger partial charge >= 0.3 is 0 Å². The first-order valence-corrected chi connectivity index (χ1v) is 12.5. The molecule has 0 aromatic rings. The highest BCUT2D eigenvalue weighted by molar-refractivity contribution is 5.76. The number of hydrogen-bond donors (Lipinski definition) is 13. The molecule has 1 saturated carbocycles. The van der Waals surface area contributed by atoms with Crippen molar-refractivity contribution in [3.05, 3.63) is 0 Å². The summed E-state index contributed by atoms with van der Waals surface area (Å²) >= 11 is 0. The van der Waals surface area contributed by atoms with Crippen LogP contribution in [0.3, 0.4) is 0 Å². The summed E-state index contributed by atoms with van der Waals surface area (Å²) in [5.41, 5.74) is 19.7. The third kappa shape index (κ3) is 6.11. The van der Waals surface area contributed by atoms with Crippen LogP contribution in [0.4, 0.5) is 0 Å². The number of hydrogen-bond acceptors (Lipinski definition) is 15. The van der Waals surface area contributed by atoms with Crippen LogP contribution < -0.4 is 28.3 Å². The van der Waals surface area contributed by atoms with Gasteiger partial charge in [0.25, 0.3) is 0 Å². The molecule has 17 N–H and O–H groups in total. The molecular weight excluding hydrogens is 542 g/mol. The van der Waals surface area contributed by atoms with Crippen LogP contribution in [0.5, 0.6) is 0 Å². The zero-order valence-electron chi connectivity index (χ0n) is 21.9. The molecule has 0 aromatic heterocycles. The van der Waals surface area contributed by atoms with E-state index >= 15 is 0 Å². The monoisotopic (exact) mass is 583 g/mol. The van der Waals surface area contributed by atoms with E-state index in [2.05, 4.69) is 15.3 Å². The molecule has 15 atom stereocenters. The topological polar surface area (TPSA) is 340 Å². The first-order valence-electron chi connectivity index (χ1n) is 12.5. The number of nitrogens with one attached hydrogen (secondary N) is 1. The molecule has 0 spiro atoms. The Morgan fingerprint density at radius 3 is 1.95 bits per heavy atom. The lowest BCUT2D eigenvalue weighted by Gasteiger charge is -2.45. The maximum atomic E-state index is 11.3. The van der Waals surface area contributed by atoms with Crippen molar-refractivity contribution in [1.82, 2.24) is 5.32 Å². The van der Waals surface area contributed by atoms with Gasteiger partial charge in [-0.2, -0.15) is 0 Å². The lowest BCUT2D eigenvalue weighted by molar-refractivity contribution is -0.317. The molecule has 1 aliphatic carbocycles. The molecule has 40 heavy (non-hydrogen) atoms. The van der Waals surface area contributed by atoms with Gasteiger partial charge in [-0.05, 0) is 14.0 Å². The molecule has 2 aliphatic heterocycles. The second kappa shape index (κ2) is 12.9. The minimum Gasteiger partial charge on any atom is -0.394 e. The molecule has 2 heterocycles. The fraction of sp³-hybridized carbons (Fsp3) is 0.905. The van der Waals surface area contributed by atoms with Crippen molar-refractivity contribution in [2.45, 2.75) is 98.2 Å². The maximum absolute atomic E-state index is 11.3. The smallest absolute Gasteiger partial charge is 0.187 e. The predicted octanol–water partition coefficient (Wildman–Crippen LogP) is -8.37. The fourth-order valence-corrected chi connectivity index (χ4v) is 5.17. The lowest BCUT2D eigenvalue weighted by atomic mass is 9.81. The van der Waals surface area contributed by atoms with Crippen molar-refractivity contribution in [1.29, 1.82) is 0 Å². The summed E-state index contributed by atoms with van der Waals surface area (Å²) in [6, 6.07) is -4.00. The van der Waals surface area contributed by atoms with Gasteiger partial charge in [0, 0.05) is 0 Å². The number of nitrogens with zero attached hydrogens (tertiary/aromatic N) is 2. The maximum Gasteiger partial charge on any atom is 0.187 e. The summed E-state index contributed by atoms with van der Waals surface area (Å²) < 4.78 is 23.2. The van der Waals surface area contributed by atoms with Gasteiger partial charge in [0.15, 0.2) is 24.5 Å². The van der Waals surface area contributed by atoms with Gasteiger partial charge in [0.2, 0.25) is 0 Å². The van der Waals surface area contributed by atoms with E-state index in [-0.39, 0.29) is 0 Å². The SMILES string of the molecule is CN[C@@H]1[C@H](O[C@H]2C(O[C@H]3[C@H](O)[C@@H](O)[C@H](N=C(N)N)[C@@H](O)[C@@H]3N=C(N)N)O[C@@H](C)[C@]2(O)CO)O[C@@H](CO)[C@H](O)[C@H]1O. The van der Waals surface area contributed by atoms with E-state index < -0.39 is 116 Å². The molecule has 3 fully saturated rings. The Kier molecular flexibility index (Phi) is 10.5. The van der Waals surface area contributed by atoms with Gasteiger partial charge in [0.1, 0.15) is 66.5 Å². The van der Waals surface area contributed by atoms with Crippen LogP contribution in [0.1, 0.15) is 6.92 Å². The number of aliphatic hydroxyl groups excluding tert-OH is 7. The molecule has 0 aromatic carbocycles. The van der Waals surface area contributed by atoms with E-state index in [4.69, 9.17) is 41.9 Å². The van der Waals surface area contributed by atoms with Gasteiger partial charge in [-0.3, -0.25) is 0 Å². The van der Waals surface area contributed by atoms with Crippen molar-refractivity contribution >= 4 is 11.9 Å². The quantitative estimate of drug-likeness (QED) is 0.0884. The van der Waals surface area contributed by atoms with Crippen LogP contribution in [0.2, 0.25) is 0 Å². The number of guanidine groups is 2. The summed E-state index contributed by atoms with van der Waals surface area (Å²) in [5, 5.41) is 87.0. The fourth-order valence-electron chi connectivity index (χ4n) is 5.17. The number of ether oxygens (including phenoxy) is 4. The van der Waals surface area contributed by atoms with Crippen molar-refractivity contribution < 1.29 is 59.8 Å². The summed E-state index contributed by atoms with van der Waals surface area (Å²) in [6.07, 6.45) is -16.9. The molecule has 0 bridgehead atoms. The van der Waals surface area contributed by atoms with Gasteiger partial charge in [0.05, 0.1) is 25.4 Å². The Morgan fingerprint density at radius 1 is 0.825 bits per heavy atom. The second-order valence-electron chi connectivity index (χ2n) is 10.0. The normalized spacial score (nSPS) is 47.5. The third-order valence-electron chi connectivity index (χ3n) is 7.49. The van der Waals surface area contributed by atoms with Crippen LogP contribution in [-0.4, -0.2) is 164 Å². The van der Waals surface area contributed by atoms with E-state index in [0.717, 1.165) is 0 Å². The molecule has 1 unspecified atom stereocenters. The third-order valence-corrected chi connectivity index (χ3v) is 7.49. The molecule has 3 aliphatic rings. The molecular formula is C21H41N7O12. The van der Waals surface area contributed by atoms with Crippen LogP contribution >= 0.6 is 0 Å². The summed E-state index contributed by atoms with van der Waals surface area (Å²) in [5.74, 6) is -1.01. The number of nitrogens with two attached hydrogens (primary N) is 4. The van der Waals surface area contributed by atoms with Crippen molar-refractivity contribution in [2.24, 2.45) is 32.9 Å². The van der Waals surface area contributed by atoms with Crippen LogP contribution in [0, 0.1) is 0 Å². The molecule has 0 amide bonds. The number of aliphatic imine (C=N–C) groups is 2. The zero-order chi connectivity index (χ0) is 30.1. The lowest BCUT2D eigenvalue weighted by Crippen LogP contribution is -2.66. The highest BCUT2D eigenvalue weighted by atomic mass is 16.8. The molecule has 19 heteroatoms. The Hall–Kier alpha value is -1.98. The second-order valence-corrected chi connectivity index (χ2v) is 10.0. The number of rotatable bonds is 9. The van der Waals surface area contributed by atoms with Gasteiger partial charge in [-0.15, -0.1) is 0 Å². The van der Waals surface area contributed by atoms with Crippen LogP contribution in [0.15, 0.2) is 9.98 Å². The molecule has 232 valence electrons. The van der Waals surface area contributed by atoms with E-state index in [9.17, 15) is 40.9 Å². The predicted molar refractivity (Wildman–Crippen MR) is 134 cm³/mol. The minimum absolute atomic E-state index is 0.493. The highest BCUT2D eigenvalue weighted by Crippen LogP contribution is 2.39. The van der Waals surface area contributed by atoms with Gasteiger partial charge < -0.3 is 88.1 Å². The van der Waals surface area contributed by atoms with E-state index in [1.54, 1.807) is 0 Å². The zero-order valence-corrected chi connectivity index (χ0v) is 21.9. The standard InChI is InChI=1S/C21H41N7O12/c1-5-21(36,4-30)16(40-17-9(26-2)13(34)10(31)6(3-29)38-17)18(37-5)39-15-8(28-20(24)25)11(32)7(27-19(22)23)12(33)14(15)35/h5-18,26,29-36H,3-4H2,1-2H3,(H4,22,23,27)(H4,24,25,28)/t5-,6-,7+,8-,9-,10-,11+,12-,13-,14+,15+,16-,17-,18?,21+/m0/s1. The van der Waals surface area contributed by atoms with Crippen molar-refractivity contribution in [3.8, 4) is 0 Å². The largest absolute Gasteiger partial charge is 0.394 e. The van der Waals surface area contributed by atoms with E-state index in [0.29, 0.717) is 0 Å². The molecule has 0 radical (unpaired) electrons. The van der Waals surface area contributed by atoms with Crippen molar-refractivity contribution in [3.63, 3.8) is 0 Å². The van der Waals surface area contributed by atoms with Gasteiger partial charge in [-0.25, -0.2) is 9.98 Å². The first kappa shape index (κ1) is 32.5. The Morgan fingerprint density at radius 2 is 1.43 bits per heavy atom. The average molecular weight is 584 g/mol. The summed E-state index contributed by atoms with van der Waals surface area (Å²) in [7, 11) is 1.44. The molecule has 3 rings (SSSR count). The van der Waals surface area contributed by atoms with E-state index in [1.807, 2.05) is 0 Å². The van der Waals surface area contributed by atoms with Crippen molar-refractivity contribution in [2.75, 3.05) is 20.3 Å². The Labute approximate surface area is 229 Å². The van der Waals surface area contributed by atoms with E-state index in [1.165, 1.54) is 14.0 Å². The summed E-state index contributed by atoms with van der Waals surface area (Å²) in [4.78, 5) is 7.66. The highest BCUT2D eigenvalue weighted by Gasteiger charge is 2.60. The number of aliphatic hydroxyl groups is 8. The molecule has 19 nitrogen and oxygen atoms in total. The number of likely N-dealkylation sites (N-methyl/N-ethyl adjacent to an activating group) is 1. The Balaban J connectivity index is 1.96. The van der Waals surface area contributed by atoms with Crippen LogP contribution in [0.25, 0.3) is 0 Å².